The largest absolute Gasteiger partial charge is 0.356 e. The summed E-state index contributed by atoms with van der Waals surface area (Å²) in [5.41, 5.74) is 0. The Labute approximate surface area is 142 Å². The van der Waals surface area contributed by atoms with Gasteiger partial charge in [-0.1, -0.05) is 6.92 Å². The fraction of sp³-hybridized carbons (Fsp3) is 0.588. The van der Waals surface area contributed by atoms with E-state index in [-0.39, 0.29) is 16.6 Å². The van der Waals surface area contributed by atoms with Crippen molar-refractivity contribution in [2.24, 2.45) is 11.8 Å². The van der Waals surface area contributed by atoms with Crippen LogP contribution in [-0.2, 0) is 14.6 Å². The molecule has 134 valence electrons. The van der Waals surface area contributed by atoms with Gasteiger partial charge in [-0.25, -0.2) is 12.8 Å². The van der Waals surface area contributed by atoms with E-state index in [2.05, 4.69) is 10.6 Å². The van der Waals surface area contributed by atoms with E-state index in [0.29, 0.717) is 12.5 Å². The molecule has 1 amide bonds. The first kappa shape index (κ1) is 18.9. The molecule has 2 unspecified atom stereocenters. The minimum absolute atomic E-state index is 0.0387. The predicted octanol–water partition coefficient (Wildman–Crippen LogP) is 1.74. The molecule has 2 rings (SSSR count). The van der Waals surface area contributed by atoms with Crippen LogP contribution in [0.4, 0.5) is 4.39 Å². The average Bonchev–Trinajstić information content (AvgIpc) is 2.55. The second-order valence-corrected chi connectivity index (χ2v) is 8.46. The van der Waals surface area contributed by atoms with Crippen LogP contribution >= 0.6 is 0 Å². The number of benzene rings is 1. The van der Waals surface area contributed by atoms with Crippen LogP contribution in [-0.4, -0.2) is 39.7 Å². The molecule has 1 aliphatic heterocycles. The summed E-state index contributed by atoms with van der Waals surface area (Å²) in [6.07, 6.45) is 3.22. The number of nitrogens with one attached hydrogen (secondary N) is 2. The molecule has 1 saturated heterocycles. The second kappa shape index (κ2) is 8.58. The number of amides is 1. The molecule has 1 aliphatic rings. The van der Waals surface area contributed by atoms with Crippen molar-refractivity contribution < 1.29 is 17.6 Å². The molecule has 1 heterocycles. The van der Waals surface area contributed by atoms with Crippen LogP contribution in [0.1, 0.15) is 26.2 Å². The van der Waals surface area contributed by atoms with Crippen LogP contribution in [0.15, 0.2) is 29.2 Å². The number of piperidine rings is 1. The minimum Gasteiger partial charge on any atom is -0.356 e. The molecule has 7 heteroatoms. The lowest BCUT2D eigenvalue weighted by Gasteiger charge is -2.23. The number of hydrogen-bond acceptors (Lipinski definition) is 4. The van der Waals surface area contributed by atoms with Crippen LogP contribution in [0, 0.1) is 17.7 Å². The van der Waals surface area contributed by atoms with Gasteiger partial charge in [0.25, 0.3) is 0 Å². The van der Waals surface area contributed by atoms with Crippen molar-refractivity contribution in [1.82, 2.24) is 10.6 Å². The van der Waals surface area contributed by atoms with Crippen molar-refractivity contribution in [3.8, 4) is 0 Å². The van der Waals surface area contributed by atoms with Crippen LogP contribution in [0.3, 0.4) is 0 Å². The van der Waals surface area contributed by atoms with Gasteiger partial charge in [-0.3, -0.25) is 4.79 Å². The number of rotatable bonds is 7. The molecule has 0 radical (unpaired) electrons. The van der Waals surface area contributed by atoms with E-state index in [4.69, 9.17) is 0 Å². The Morgan fingerprint density at radius 2 is 2.08 bits per heavy atom. The summed E-state index contributed by atoms with van der Waals surface area (Å²) in [4.78, 5) is 12.1. The van der Waals surface area contributed by atoms with Gasteiger partial charge >= 0.3 is 0 Å². The third kappa shape index (κ3) is 5.56. The predicted molar refractivity (Wildman–Crippen MR) is 90.8 cm³/mol. The van der Waals surface area contributed by atoms with Crippen molar-refractivity contribution in [2.75, 3.05) is 25.4 Å². The second-order valence-electron chi connectivity index (χ2n) is 6.43. The summed E-state index contributed by atoms with van der Waals surface area (Å²) in [6.45, 7) is 4.19. The molecule has 2 N–H and O–H groups in total. The van der Waals surface area contributed by atoms with E-state index in [9.17, 15) is 17.6 Å². The zero-order valence-electron chi connectivity index (χ0n) is 13.9. The van der Waals surface area contributed by atoms with E-state index in [0.717, 1.165) is 44.5 Å². The Bertz CT molecular complexity index is 640. The number of carbonyl (C=O) groups is 1. The zero-order chi connectivity index (χ0) is 17.6. The molecule has 1 aromatic rings. The standard InChI is InChI=1S/C17H25FN2O3S/c1-13(12-24(22,23)16-6-4-15(18)5-7-16)17(21)20-10-8-14-3-2-9-19-11-14/h4-7,13-14,19H,2-3,8-12H2,1H3,(H,20,21). The first-order chi connectivity index (χ1) is 11.4. The lowest BCUT2D eigenvalue weighted by molar-refractivity contribution is -0.123. The topological polar surface area (TPSA) is 75.3 Å². The Morgan fingerprint density at radius 1 is 1.38 bits per heavy atom. The van der Waals surface area contributed by atoms with E-state index < -0.39 is 21.6 Å². The fourth-order valence-corrected chi connectivity index (χ4v) is 4.44. The van der Waals surface area contributed by atoms with Gasteiger partial charge in [0.05, 0.1) is 10.6 Å². The third-order valence-electron chi connectivity index (χ3n) is 4.34. The normalized spacial score (nSPS) is 19.7. The van der Waals surface area contributed by atoms with E-state index in [1.165, 1.54) is 12.1 Å². The highest BCUT2D eigenvalue weighted by Crippen LogP contribution is 2.16. The van der Waals surface area contributed by atoms with Gasteiger partial charge < -0.3 is 10.6 Å². The lowest BCUT2D eigenvalue weighted by atomic mass is 9.96. The monoisotopic (exact) mass is 356 g/mol. The van der Waals surface area contributed by atoms with Crippen LogP contribution in [0.25, 0.3) is 0 Å². The van der Waals surface area contributed by atoms with Crippen LogP contribution in [0.5, 0.6) is 0 Å². The molecule has 2 atom stereocenters. The zero-order valence-corrected chi connectivity index (χ0v) is 14.7. The summed E-state index contributed by atoms with van der Waals surface area (Å²) in [6, 6.07) is 4.67. The summed E-state index contributed by atoms with van der Waals surface area (Å²) in [7, 11) is -3.60. The molecular weight excluding hydrogens is 331 g/mol. The fourth-order valence-electron chi connectivity index (χ4n) is 2.89. The molecule has 0 bridgehead atoms. The molecule has 0 spiro atoms. The Kier molecular flexibility index (Phi) is 6.74. The molecule has 0 aromatic heterocycles. The van der Waals surface area contributed by atoms with Gasteiger partial charge in [-0.05, 0) is 62.5 Å². The third-order valence-corrected chi connectivity index (χ3v) is 6.27. The first-order valence-electron chi connectivity index (χ1n) is 8.35. The van der Waals surface area contributed by atoms with Gasteiger partial charge in [-0.15, -0.1) is 0 Å². The van der Waals surface area contributed by atoms with E-state index in [1.54, 1.807) is 6.92 Å². The highest BCUT2D eigenvalue weighted by Gasteiger charge is 2.23. The highest BCUT2D eigenvalue weighted by molar-refractivity contribution is 7.91. The smallest absolute Gasteiger partial charge is 0.223 e. The summed E-state index contributed by atoms with van der Waals surface area (Å²) < 4.78 is 37.4. The van der Waals surface area contributed by atoms with Crippen molar-refractivity contribution in [3.05, 3.63) is 30.1 Å². The summed E-state index contributed by atoms with van der Waals surface area (Å²) in [5, 5.41) is 6.15. The Morgan fingerprint density at radius 3 is 2.71 bits per heavy atom. The summed E-state index contributed by atoms with van der Waals surface area (Å²) in [5.74, 6) is -1.11. The highest BCUT2D eigenvalue weighted by atomic mass is 32.2. The van der Waals surface area contributed by atoms with Gasteiger partial charge in [0.1, 0.15) is 5.82 Å². The molecule has 5 nitrogen and oxygen atoms in total. The molecule has 0 aliphatic carbocycles. The van der Waals surface area contributed by atoms with E-state index in [1.807, 2.05) is 0 Å². The maximum Gasteiger partial charge on any atom is 0.223 e. The van der Waals surface area contributed by atoms with Gasteiger partial charge in [-0.2, -0.15) is 0 Å². The van der Waals surface area contributed by atoms with Crippen molar-refractivity contribution in [1.29, 1.82) is 0 Å². The SMILES string of the molecule is CC(CS(=O)(=O)c1ccc(F)cc1)C(=O)NCCC1CCCNC1. The molecule has 0 saturated carbocycles. The molecule has 24 heavy (non-hydrogen) atoms. The first-order valence-corrected chi connectivity index (χ1v) is 10.0. The number of sulfone groups is 1. The minimum atomic E-state index is -3.60. The Hall–Kier alpha value is -1.47. The lowest BCUT2D eigenvalue weighted by Crippen LogP contribution is -2.36. The molecule has 1 fully saturated rings. The van der Waals surface area contributed by atoms with Crippen molar-refractivity contribution >= 4 is 15.7 Å². The maximum atomic E-state index is 12.9. The van der Waals surface area contributed by atoms with Gasteiger partial charge in [0.2, 0.25) is 5.91 Å². The van der Waals surface area contributed by atoms with Crippen molar-refractivity contribution in [3.63, 3.8) is 0 Å². The average molecular weight is 356 g/mol. The quantitative estimate of drug-likeness (QED) is 0.730. The van der Waals surface area contributed by atoms with Crippen molar-refractivity contribution in [2.45, 2.75) is 31.1 Å². The van der Waals surface area contributed by atoms with Gasteiger partial charge in [0.15, 0.2) is 9.84 Å². The summed E-state index contributed by atoms with van der Waals surface area (Å²) >= 11 is 0. The molecular formula is C17H25FN2O3S. The van der Waals surface area contributed by atoms with Crippen LogP contribution < -0.4 is 10.6 Å². The Balaban J connectivity index is 1.80. The maximum absolute atomic E-state index is 12.9. The van der Waals surface area contributed by atoms with E-state index >= 15 is 0 Å². The number of carbonyl (C=O) groups excluding carboxylic acids is 1. The van der Waals surface area contributed by atoms with Gasteiger partial charge in [0, 0.05) is 12.5 Å². The number of hydrogen-bond donors (Lipinski definition) is 2. The van der Waals surface area contributed by atoms with Crippen LogP contribution in [0.2, 0.25) is 0 Å². The molecule has 1 aromatic carbocycles. The number of halogens is 1.